The molecule has 0 aliphatic rings. The summed E-state index contributed by atoms with van der Waals surface area (Å²) in [6, 6.07) is 12.4. The van der Waals surface area contributed by atoms with E-state index in [0.29, 0.717) is 28.1 Å². The van der Waals surface area contributed by atoms with Gasteiger partial charge < -0.3 is 5.73 Å². The Bertz CT molecular complexity index is 943. The number of aryl methyl sites for hydroxylation is 2. The molecule has 0 unspecified atom stereocenters. The van der Waals surface area contributed by atoms with Crippen LogP contribution in [-0.4, -0.2) is 17.4 Å². The highest BCUT2D eigenvalue weighted by molar-refractivity contribution is 7.90. The largest absolute Gasteiger partial charge is 0.325 e. The number of quaternary nitrogens is 1. The monoisotopic (exact) mass is 302 g/mol. The molecule has 0 radical (unpaired) electrons. The topological polar surface area (TPSA) is 79.6 Å². The summed E-state index contributed by atoms with van der Waals surface area (Å²) in [6.07, 6.45) is 0. The molecule has 0 bridgehead atoms. The van der Waals surface area contributed by atoms with Gasteiger partial charge in [0, 0.05) is 6.07 Å². The Labute approximate surface area is 123 Å². The second-order valence-corrected chi connectivity index (χ2v) is 6.77. The summed E-state index contributed by atoms with van der Waals surface area (Å²) >= 11 is 0. The number of benzene rings is 2. The molecule has 1 aromatic heterocycles. The van der Waals surface area contributed by atoms with Gasteiger partial charge in [0.15, 0.2) is 0 Å². The molecule has 0 aliphatic carbocycles. The van der Waals surface area contributed by atoms with Crippen molar-refractivity contribution in [1.82, 2.24) is 8.96 Å². The van der Waals surface area contributed by atoms with E-state index >= 15 is 0 Å². The Kier molecular flexibility index (Phi) is 3.07. The van der Waals surface area contributed by atoms with E-state index in [1.165, 1.54) is 3.97 Å². The van der Waals surface area contributed by atoms with Crippen molar-refractivity contribution < 1.29 is 14.2 Å². The number of rotatable bonds is 2. The van der Waals surface area contributed by atoms with Gasteiger partial charge in [-0.25, -0.2) is 17.4 Å². The lowest BCUT2D eigenvalue weighted by atomic mass is 10.2. The molecule has 0 amide bonds. The number of para-hydroxylation sites is 2. The highest BCUT2D eigenvalue weighted by atomic mass is 32.2. The molecule has 0 atom stereocenters. The van der Waals surface area contributed by atoms with E-state index in [4.69, 9.17) is 0 Å². The first-order chi connectivity index (χ1) is 9.91. The van der Waals surface area contributed by atoms with Gasteiger partial charge in [-0.2, -0.15) is 0 Å². The Morgan fingerprint density at radius 3 is 2.57 bits per heavy atom. The Hall–Kier alpha value is -2.18. The normalized spacial score (nSPS) is 12.0. The van der Waals surface area contributed by atoms with Crippen molar-refractivity contribution in [3.63, 3.8) is 0 Å². The zero-order chi connectivity index (χ0) is 15.2. The summed E-state index contributed by atoms with van der Waals surface area (Å²) in [6.45, 7) is 3.47. The first kappa shape index (κ1) is 13.8. The average molecular weight is 302 g/mol. The lowest BCUT2D eigenvalue weighted by Crippen LogP contribution is -2.40. The highest BCUT2D eigenvalue weighted by Gasteiger charge is 2.24. The molecule has 0 fully saturated rings. The van der Waals surface area contributed by atoms with E-state index in [1.807, 2.05) is 6.07 Å². The van der Waals surface area contributed by atoms with Crippen molar-refractivity contribution in [2.75, 3.05) is 0 Å². The molecule has 3 rings (SSSR count). The zero-order valence-corrected chi connectivity index (χ0v) is 12.7. The Morgan fingerprint density at radius 2 is 1.81 bits per heavy atom. The van der Waals surface area contributed by atoms with Crippen LogP contribution in [0.3, 0.4) is 0 Å². The Morgan fingerprint density at radius 1 is 1.10 bits per heavy atom. The molecule has 6 heteroatoms. The molecule has 3 N–H and O–H groups in total. The maximum atomic E-state index is 13.0. The van der Waals surface area contributed by atoms with Gasteiger partial charge in [0.05, 0.1) is 15.9 Å². The van der Waals surface area contributed by atoms with Crippen molar-refractivity contribution in [2.45, 2.75) is 18.7 Å². The number of hydrogen-bond acceptors (Lipinski definition) is 3. The summed E-state index contributed by atoms with van der Waals surface area (Å²) in [5.41, 5.74) is 6.43. The minimum Gasteiger partial charge on any atom is -0.325 e. The molecule has 3 aromatic rings. The fourth-order valence-corrected chi connectivity index (χ4v) is 4.22. The smallest absolute Gasteiger partial charge is 0.270 e. The van der Waals surface area contributed by atoms with Gasteiger partial charge in [-0.3, -0.25) is 0 Å². The SMILES string of the molecule is Cc1ccc([NH3+])cc1S(=O)(=O)n1c(C)nc2ccccc21. The third-order valence-corrected chi connectivity index (χ3v) is 5.38. The molecule has 1 heterocycles. The van der Waals surface area contributed by atoms with Gasteiger partial charge in [0.1, 0.15) is 11.5 Å². The summed E-state index contributed by atoms with van der Waals surface area (Å²) in [5, 5.41) is 0. The summed E-state index contributed by atoms with van der Waals surface area (Å²) in [5.74, 6) is 0.449. The van der Waals surface area contributed by atoms with Crippen LogP contribution in [0.2, 0.25) is 0 Å². The minimum absolute atomic E-state index is 0.265. The van der Waals surface area contributed by atoms with Crippen molar-refractivity contribution in [2.24, 2.45) is 0 Å². The lowest BCUT2D eigenvalue weighted by molar-refractivity contribution is -0.255. The molecule has 108 valence electrons. The molecule has 2 aromatic carbocycles. The fraction of sp³-hybridized carbons (Fsp3) is 0.133. The predicted octanol–water partition coefficient (Wildman–Crippen LogP) is 1.76. The summed E-state index contributed by atoms with van der Waals surface area (Å²) < 4.78 is 27.3. The molecule has 5 nitrogen and oxygen atoms in total. The van der Waals surface area contributed by atoms with Gasteiger partial charge in [-0.15, -0.1) is 0 Å². The maximum Gasteiger partial charge on any atom is 0.270 e. The zero-order valence-electron chi connectivity index (χ0n) is 11.9. The molecular formula is C15H16N3O2S+. The number of imidazole rings is 1. The van der Waals surface area contributed by atoms with Gasteiger partial charge in [0.25, 0.3) is 10.0 Å². The first-order valence-corrected chi connectivity index (χ1v) is 7.97. The van der Waals surface area contributed by atoms with E-state index < -0.39 is 10.0 Å². The van der Waals surface area contributed by atoms with Gasteiger partial charge >= 0.3 is 0 Å². The first-order valence-electron chi connectivity index (χ1n) is 6.53. The standard InChI is InChI=1S/C15H15N3O2S/c1-10-7-8-12(16)9-15(10)21(19,20)18-11(2)17-13-5-3-4-6-14(13)18/h3-9H,16H2,1-2H3/p+1. The van der Waals surface area contributed by atoms with Crippen LogP contribution in [0, 0.1) is 13.8 Å². The van der Waals surface area contributed by atoms with Crippen LogP contribution in [0.25, 0.3) is 11.0 Å². The molecule has 21 heavy (non-hydrogen) atoms. The number of hydrogen-bond donors (Lipinski definition) is 1. The quantitative estimate of drug-likeness (QED) is 0.783. The van der Waals surface area contributed by atoms with Crippen LogP contribution in [0.4, 0.5) is 5.69 Å². The molecule has 0 spiro atoms. The fourth-order valence-electron chi connectivity index (χ4n) is 2.45. The van der Waals surface area contributed by atoms with E-state index in [1.54, 1.807) is 50.2 Å². The van der Waals surface area contributed by atoms with Crippen LogP contribution in [0.1, 0.15) is 11.4 Å². The van der Waals surface area contributed by atoms with Gasteiger partial charge in [-0.1, -0.05) is 18.2 Å². The van der Waals surface area contributed by atoms with Crippen molar-refractivity contribution in [3.8, 4) is 0 Å². The van der Waals surface area contributed by atoms with Crippen molar-refractivity contribution >= 4 is 26.7 Å². The van der Waals surface area contributed by atoms with Crippen LogP contribution in [0.15, 0.2) is 47.4 Å². The van der Waals surface area contributed by atoms with Crippen LogP contribution in [0.5, 0.6) is 0 Å². The van der Waals surface area contributed by atoms with E-state index in [2.05, 4.69) is 10.7 Å². The average Bonchev–Trinajstić information content (AvgIpc) is 2.77. The van der Waals surface area contributed by atoms with E-state index in [9.17, 15) is 8.42 Å². The lowest BCUT2D eigenvalue weighted by Gasteiger charge is -2.11. The third kappa shape index (κ3) is 2.12. The summed E-state index contributed by atoms with van der Waals surface area (Å²) in [4.78, 5) is 4.59. The number of aromatic nitrogens is 2. The van der Waals surface area contributed by atoms with E-state index in [-0.39, 0.29) is 4.90 Å². The van der Waals surface area contributed by atoms with Crippen molar-refractivity contribution in [1.29, 1.82) is 0 Å². The molecule has 0 saturated carbocycles. The van der Waals surface area contributed by atoms with Crippen molar-refractivity contribution in [3.05, 3.63) is 53.9 Å². The highest BCUT2D eigenvalue weighted by Crippen LogP contribution is 2.25. The second-order valence-electron chi connectivity index (χ2n) is 5.02. The van der Waals surface area contributed by atoms with Crippen LogP contribution in [-0.2, 0) is 10.0 Å². The van der Waals surface area contributed by atoms with Gasteiger partial charge in [-0.05, 0) is 37.6 Å². The second kappa shape index (κ2) is 4.68. The summed E-state index contributed by atoms with van der Waals surface area (Å²) in [7, 11) is -3.69. The predicted molar refractivity (Wildman–Crippen MR) is 80.8 cm³/mol. The minimum atomic E-state index is -3.69. The maximum absolute atomic E-state index is 13.0. The van der Waals surface area contributed by atoms with E-state index in [0.717, 1.165) is 0 Å². The molecule has 0 saturated heterocycles. The number of nitrogens with zero attached hydrogens (tertiary/aromatic N) is 2. The molecular weight excluding hydrogens is 286 g/mol. The van der Waals surface area contributed by atoms with Crippen LogP contribution < -0.4 is 5.73 Å². The number of fused-ring (bicyclic) bond motifs is 1. The third-order valence-electron chi connectivity index (χ3n) is 3.45. The van der Waals surface area contributed by atoms with Crippen LogP contribution >= 0.6 is 0 Å². The molecule has 0 aliphatic heterocycles. The van der Waals surface area contributed by atoms with Gasteiger partial charge in [0.2, 0.25) is 0 Å². The Balaban J connectivity index is 2.35.